The maximum absolute atomic E-state index is 13.6. The molecule has 1 atom stereocenters. The lowest BCUT2D eigenvalue weighted by Crippen LogP contribution is -2.44. The largest absolute Gasteiger partial charge is 0.382 e. The van der Waals surface area contributed by atoms with Crippen LogP contribution in [0.4, 0.5) is 0 Å². The van der Waals surface area contributed by atoms with Crippen molar-refractivity contribution < 1.29 is 9.53 Å². The number of hydrogen-bond donors (Lipinski definition) is 1. The van der Waals surface area contributed by atoms with Crippen LogP contribution in [0.1, 0.15) is 37.3 Å². The summed E-state index contributed by atoms with van der Waals surface area (Å²) in [5.41, 5.74) is 9.77. The average Bonchev–Trinajstić information content (AvgIpc) is 3.54. The molecule has 152 valence electrons. The number of carbonyl (C=O) groups excluding carboxylic acids is 1. The fourth-order valence-corrected chi connectivity index (χ4v) is 4.24. The van der Waals surface area contributed by atoms with Crippen molar-refractivity contribution in [1.29, 1.82) is 0 Å². The van der Waals surface area contributed by atoms with Crippen LogP contribution in [0.15, 0.2) is 53.5 Å². The molecule has 29 heavy (non-hydrogen) atoms. The minimum atomic E-state index is -0.879. The number of aryl methyl sites for hydroxylation is 1. The van der Waals surface area contributed by atoms with Crippen LogP contribution in [0.3, 0.4) is 0 Å². The number of nitrogens with zero attached hydrogens (tertiary/aromatic N) is 2. The van der Waals surface area contributed by atoms with Gasteiger partial charge in [0.1, 0.15) is 0 Å². The molecule has 1 unspecified atom stereocenters. The molecule has 4 rings (SSSR count). The maximum atomic E-state index is 13.6. The molecular formula is C24H29N3O2. The first-order valence-electron chi connectivity index (χ1n) is 10.5. The second kappa shape index (κ2) is 7.99. The van der Waals surface area contributed by atoms with Crippen molar-refractivity contribution in [3.05, 3.63) is 59.7 Å². The van der Waals surface area contributed by atoms with E-state index >= 15 is 0 Å². The lowest BCUT2D eigenvalue weighted by molar-refractivity contribution is -0.132. The van der Waals surface area contributed by atoms with E-state index in [0.717, 1.165) is 36.0 Å². The van der Waals surface area contributed by atoms with Crippen LogP contribution in [0.5, 0.6) is 0 Å². The van der Waals surface area contributed by atoms with Gasteiger partial charge in [-0.25, -0.2) is 4.99 Å². The molecular weight excluding hydrogens is 362 g/mol. The van der Waals surface area contributed by atoms with Gasteiger partial charge in [0.05, 0.1) is 0 Å². The SMILES string of the molecule is CCOCCCN1C(=O)C(c2cccc(-c3cccc(C)c3)c2)(C2CC2)N=C1N. The van der Waals surface area contributed by atoms with E-state index in [4.69, 9.17) is 15.5 Å². The molecule has 2 aliphatic rings. The van der Waals surface area contributed by atoms with Gasteiger partial charge in [-0.15, -0.1) is 0 Å². The van der Waals surface area contributed by atoms with Crippen LogP contribution in [0, 0.1) is 12.8 Å². The first-order chi connectivity index (χ1) is 14.1. The van der Waals surface area contributed by atoms with Crippen molar-refractivity contribution in [2.45, 2.75) is 38.6 Å². The van der Waals surface area contributed by atoms with Crippen LogP contribution in [0.25, 0.3) is 11.1 Å². The first-order valence-corrected chi connectivity index (χ1v) is 10.5. The second-order valence-corrected chi connectivity index (χ2v) is 7.97. The summed E-state index contributed by atoms with van der Waals surface area (Å²) >= 11 is 0. The minimum absolute atomic E-state index is 0.00962. The number of aliphatic imine (C=N–C) groups is 1. The lowest BCUT2D eigenvalue weighted by atomic mass is 9.83. The third kappa shape index (κ3) is 3.67. The molecule has 0 spiro atoms. The predicted octanol–water partition coefficient (Wildman–Crippen LogP) is 3.85. The predicted molar refractivity (Wildman–Crippen MR) is 115 cm³/mol. The van der Waals surface area contributed by atoms with Crippen LogP contribution >= 0.6 is 0 Å². The Bertz CT molecular complexity index is 935. The summed E-state index contributed by atoms with van der Waals surface area (Å²) in [6.07, 6.45) is 2.76. The maximum Gasteiger partial charge on any atom is 0.262 e. The Morgan fingerprint density at radius 1 is 1.17 bits per heavy atom. The molecule has 5 nitrogen and oxygen atoms in total. The molecule has 0 aromatic heterocycles. The van der Waals surface area contributed by atoms with Gasteiger partial charge >= 0.3 is 0 Å². The molecule has 1 heterocycles. The van der Waals surface area contributed by atoms with E-state index < -0.39 is 5.54 Å². The molecule has 5 heteroatoms. The molecule has 2 aromatic carbocycles. The third-order valence-electron chi connectivity index (χ3n) is 5.84. The van der Waals surface area contributed by atoms with E-state index in [-0.39, 0.29) is 11.8 Å². The van der Waals surface area contributed by atoms with Crippen LogP contribution in [0.2, 0.25) is 0 Å². The number of nitrogens with two attached hydrogens (primary N) is 1. The van der Waals surface area contributed by atoms with Gasteiger partial charge in [0.25, 0.3) is 5.91 Å². The summed E-state index contributed by atoms with van der Waals surface area (Å²) in [5, 5.41) is 0. The number of amides is 1. The number of benzene rings is 2. The number of ether oxygens (including phenoxy) is 1. The topological polar surface area (TPSA) is 67.9 Å². The Labute approximate surface area is 172 Å². The van der Waals surface area contributed by atoms with Crippen molar-refractivity contribution >= 4 is 11.9 Å². The van der Waals surface area contributed by atoms with E-state index in [2.05, 4.69) is 43.3 Å². The van der Waals surface area contributed by atoms with Crippen molar-refractivity contribution in [3.8, 4) is 11.1 Å². The zero-order valence-electron chi connectivity index (χ0n) is 17.2. The van der Waals surface area contributed by atoms with Gasteiger partial charge < -0.3 is 10.5 Å². The number of guanidine groups is 1. The Hall–Kier alpha value is -2.66. The van der Waals surface area contributed by atoms with Crippen molar-refractivity contribution in [1.82, 2.24) is 4.90 Å². The Balaban J connectivity index is 1.66. The molecule has 0 radical (unpaired) electrons. The number of hydrogen-bond acceptors (Lipinski definition) is 4. The van der Waals surface area contributed by atoms with E-state index in [9.17, 15) is 4.79 Å². The second-order valence-electron chi connectivity index (χ2n) is 7.97. The van der Waals surface area contributed by atoms with Crippen molar-refractivity contribution in [3.63, 3.8) is 0 Å². The van der Waals surface area contributed by atoms with Crippen LogP contribution in [-0.4, -0.2) is 36.5 Å². The van der Waals surface area contributed by atoms with Gasteiger partial charge in [0, 0.05) is 19.8 Å². The molecule has 1 amide bonds. The third-order valence-corrected chi connectivity index (χ3v) is 5.84. The van der Waals surface area contributed by atoms with Crippen LogP contribution < -0.4 is 5.73 Å². The smallest absolute Gasteiger partial charge is 0.262 e. The van der Waals surface area contributed by atoms with Crippen LogP contribution in [-0.2, 0) is 15.1 Å². The normalized spacial score (nSPS) is 21.5. The molecule has 2 aromatic rings. The fourth-order valence-electron chi connectivity index (χ4n) is 4.24. The fraction of sp³-hybridized carbons (Fsp3) is 0.417. The summed E-state index contributed by atoms with van der Waals surface area (Å²) in [5.74, 6) is 0.563. The Morgan fingerprint density at radius 2 is 1.90 bits per heavy atom. The summed E-state index contributed by atoms with van der Waals surface area (Å²) < 4.78 is 5.42. The summed E-state index contributed by atoms with van der Waals surface area (Å²) in [6, 6.07) is 16.7. The van der Waals surface area contributed by atoms with Gasteiger partial charge in [-0.3, -0.25) is 9.69 Å². The highest BCUT2D eigenvalue weighted by Crippen LogP contribution is 2.52. The highest BCUT2D eigenvalue weighted by Gasteiger charge is 2.57. The summed E-state index contributed by atoms with van der Waals surface area (Å²) in [6.45, 7) is 5.89. The number of rotatable bonds is 8. The molecule has 0 bridgehead atoms. The Kier molecular flexibility index (Phi) is 5.41. The zero-order chi connectivity index (χ0) is 20.4. The minimum Gasteiger partial charge on any atom is -0.382 e. The molecule has 1 aliphatic heterocycles. The van der Waals surface area contributed by atoms with Gasteiger partial charge in [0.15, 0.2) is 11.5 Å². The first kappa shape index (κ1) is 19.6. The summed E-state index contributed by atoms with van der Waals surface area (Å²) in [7, 11) is 0. The van der Waals surface area contributed by atoms with E-state index in [0.29, 0.717) is 25.7 Å². The number of carbonyl (C=O) groups is 1. The zero-order valence-corrected chi connectivity index (χ0v) is 17.2. The molecule has 1 aliphatic carbocycles. The van der Waals surface area contributed by atoms with E-state index in [1.165, 1.54) is 5.56 Å². The Morgan fingerprint density at radius 3 is 2.59 bits per heavy atom. The molecule has 0 saturated heterocycles. The van der Waals surface area contributed by atoms with E-state index in [1.54, 1.807) is 4.90 Å². The van der Waals surface area contributed by atoms with Gasteiger partial charge in [-0.1, -0.05) is 48.0 Å². The quantitative estimate of drug-likeness (QED) is 0.695. The lowest BCUT2D eigenvalue weighted by Gasteiger charge is -2.27. The van der Waals surface area contributed by atoms with E-state index in [1.807, 2.05) is 19.1 Å². The molecule has 2 N–H and O–H groups in total. The highest BCUT2D eigenvalue weighted by atomic mass is 16.5. The van der Waals surface area contributed by atoms with Crippen molar-refractivity contribution in [2.24, 2.45) is 16.6 Å². The molecule has 1 saturated carbocycles. The van der Waals surface area contributed by atoms with Gasteiger partial charge in [0.2, 0.25) is 0 Å². The average molecular weight is 392 g/mol. The monoisotopic (exact) mass is 391 g/mol. The van der Waals surface area contributed by atoms with Crippen molar-refractivity contribution in [2.75, 3.05) is 19.8 Å². The highest BCUT2D eigenvalue weighted by molar-refractivity contribution is 6.07. The van der Waals surface area contributed by atoms with Gasteiger partial charge in [-0.05, 0) is 61.8 Å². The summed E-state index contributed by atoms with van der Waals surface area (Å²) in [4.78, 5) is 20.0. The van der Waals surface area contributed by atoms with Gasteiger partial charge in [-0.2, -0.15) is 0 Å². The molecule has 1 fully saturated rings. The standard InChI is InChI=1S/C24H29N3O2/c1-3-29-14-6-13-27-22(28)24(20-11-12-20,26-23(27)25)21-10-5-9-19(16-21)18-8-4-7-17(2)15-18/h4-5,7-10,15-16,20H,3,6,11-14H2,1-2H3,(H2,25,26).